The maximum atomic E-state index is 13.4. The lowest BCUT2D eigenvalue weighted by atomic mass is 10.1. The molecule has 6 nitrogen and oxygen atoms in total. The largest absolute Gasteiger partial charge is 0.326 e. The minimum Gasteiger partial charge on any atom is -0.326 e. The summed E-state index contributed by atoms with van der Waals surface area (Å²) in [5.41, 5.74) is 3.03. The molecule has 1 saturated carbocycles. The van der Waals surface area contributed by atoms with Gasteiger partial charge in [0.2, 0.25) is 0 Å². The highest BCUT2D eigenvalue weighted by Gasteiger charge is 2.51. The molecule has 2 aliphatic heterocycles. The molecule has 0 bridgehead atoms. The Morgan fingerprint density at radius 3 is 2.86 bits per heavy atom. The van der Waals surface area contributed by atoms with Crippen molar-refractivity contribution < 1.29 is 9.18 Å². The molecule has 0 spiro atoms. The van der Waals surface area contributed by atoms with Crippen molar-refractivity contribution >= 4 is 23.3 Å². The van der Waals surface area contributed by atoms with Crippen LogP contribution in [0.3, 0.4) is 0 Å². The first-order chi connectivity index (χ1) is 14.2. The van der Waals surface area contributed by atoms with Crippen LogP contribution in [0.1, 0.15) is 32.0 Å². The van der Waals surface area contributed by atoms with Gasteiger partial charge >= 0.3 is 6.03 Å². The highest BCUT2D eigenvalue weighted by atomic mass is 19.1. The lowest BCUT2D eigenvalue weighted by Crippen LogP contribution is -2.37. The number of carbonyl (C=O) groups is 1. The molecule has 0 N–H and O–H groups in total. The molecule has 29 heavy (non-hydrogen) atoms. The van der Waals surface area contributed by atoms with E-state index < -0.39 is 0 Å². The van der Waals surface area contributed by atoms with Crippen molar-refractivity contribution in [3.8, 4) is 0 Å². The predicted molar refractivity (Wildman–Crippen MR) is 111 cm³/mol. The number of carbonyl (C=O) groups excluding carboxylic acids is 1. The summed E-state index contributed by atoms with van der Waals surface area (Å²) in [6, 6.07) is 8.33. The first kappa shape index (κ1) is 18.3. The smallest absolute Gasteiger partial charge is 0.325 e. The van der Waals surface area contributed by atoms with E-state index in [-0.39, 0.29) is 18.7 Å². The standard InChI is InChI=1S/C22H26FN5O/c1-15-12-19(15)28-18-8-10-24-13-20(18)27(22(28)29)14-21-25-16-6-2-3-7-17(16)26(21)11-5-4-9-23/h2-3,6-8,10,15,19-20H,4-5,9,11-14H2,1H3. The number of aliphatic imine (C=N–C) groups is 1. The zero-order valence-electron chi connectivity index (χ0n) is 16.7. The molecule has 7 heteroatoms. The van der Waals surface area contributed by atoms with Crippen molar-refractivity contribution in [2.24, 2.45) is 10.9 Å². The molecule has 1 aliphatic carbocycles. The molecule has 3 unspecified atom stereocenters. The van der Waals surface area contributed by atoms with E-state index >= 15 is 0 Å². The van der Waals surface area contributed by atoms with Gasteiger partial charge in [0.25, 0.3) is 0 Å². The van der Waals surface area contributed by atoms with Gasteiger partial charge in [0, 0.05) is 24.5 Å². The molecule has 5 rings (SSSR count). The van der Waals surface area contributed by atoms with Crippen molar-refractivity contribution in [2.75, 3.05) is 13.2 Å². The number of nitrogens with zero attached hydrogens (tertiary/aromatic N) is 5. The highest BCUT2D eigenvalue weighted by Crippen LogP contribution is 2.43. The topological polar surface area (TPSA) is 53.7 Å². The van der Waals surface area contributed by atoms with Crippen molar-refractivity contribution in [1.29, 1.82) is 0 Å². The number of hydrogen-bond donors (Lipinski definition) is 0. The van der Waals surface area contributed by atoms with E-state index in [0.29, 0.717) is 38.0 Å². The molecule has 2 fully saturated rings. The van der Waals surface area contributed by atoms with Crippen LogP contribution in [-0.2, 0) is 13.1 Å². The van der Waals surface area contributed by atoms with Gasteiger partial charge in [-0.3, -0.25) is 14.3 Å². The fraction of sp³-hybridized carbons (Fsp3) is 0.500. The number of para-hydroxylation sites is 2. The Bertz CT molecular complexity index is 996. The van der Waals surface area contributed by atoms with Crippen LogP contribution in [0.2, 0.25) is 0 Å². The molecule has 3 heterocycles. The Balaban J connectivity index is 1.47. The zero-order valence-corrected chi connectivity index (χ0v) is 16.7. The lowest BCUT2D eigenvalue weighted by Gasteiger charge is -2.23. The van der Waals surface area contributed by atoms with Crippen molar-refractivity contribution in [3.63, 3.8) is 0 Å². The molecule has 1 saturated heterocycles. The van der Waals surface area contributed by atoms with Gasteiger partial charge in [-0.25, -0.2) is 9.78 Å². The number of urea groups is 1. The molecule has 2 amide bonds. The van der Waals surface area contributed by atoms with Gasteiger partial charge in [0.1, 0.15) is 5.82 Å². The predicted octanol–water partition coefficient (Wildman–Crippen LogP) is 3.77. The van der Waals surface area contributed by atoms with Gasteiger partial charge < -0.3 is 9.47 Å². The Morgan fingerprint density at radius 2 is 2.07 bits per heavy atom. The summed E-state index contributed by atoms with van der Waals surface area (Å²) in [6.45, 7) is 3.62. The first-order valence-electron chi connectivity index (χ1n) is 10.5. The van der Waals surface area contributed by atoms with Gasteiger partial charge in [-0.15, -0.1) is 0 Å². The Hall–Kier alpha value is -2.70. The normalized spacial score (nSPS) is 25.7. The van der Waals surface area contributed by atoms with Crippen LogP contribution in [0.4, 0.5) is 9.18 Å². The van der Waals surface area contributed by atoms with Crippen LogP contribution >= 0.6 is 0 Å². The number of amides is 2. The van der Waals surface area contributed by atoms with Crippen LogP contribution in [0, 0.1) is 5.92 Å². The Kier molecular flexibility index (Phi) is 4.60. The van der Waals surface area contributed by atoms with Gasteiger partial charge in [-0.1, -0.05) is 19.1 Å². The number of allylic oxidation sites excluding steroid dienone is 1. The van der Waals surface area contributed by atoms with E-state index in [2.05, 4.69) is 16.5 Å². The maximum absolute atomic E-state index is 13.4. The minimum atomic E-state index is -0.310. The number of unbranched alkanes of at least 4 members (excludes halogenated alkanes) is 1. The summed E-state index contributed by atoms with van der Waals surface area (Å²) < 4.78 is 14.8. The highest BCUT2D eigenvalue weighted by molar-refractivity contribution is 5.86. The van der Waals surface area contributed by atoms with E-state index in [1.54, 1.807) is 0 Å². The van der Waals surface area contributed by atoms with Crippen LogP contribution in [0.15, 0.2) is 41.0 Å². The first-order valence-corrected chi connectivity index (χ1v) is 10.5. The third-order valence-corrected chi connectivity index (χ3v) is 6.29. The van der Waals surface area contributed by atoms with Crippen LogP contribution in [0.5, 0.6) is 0 Å². The number of hydrogen-bond acceptors (Lipinski definition) is 3. The van der Waals surface area contributed by atoms with Gasteiger partial charge in [-0.2, -0.15) is 0 Å². The number of benzene rings is 1. The number of aromatic nitrogens is 2. The SMILES string of the molecule is CC1CC1N1C(=O)N(Cc2nc3ccccc3n2CCCCF)C2CN=CC=C21. The van der Waals surface area contributed by atoms with Crippen molar-refractivity contribution in [3.05, 3.63) is 41.9 Å². The van der Waals surface area contributed by atoms with Crippen molar-refractivity contribution in [2.45, 2.75) is 51.4 Å². The van der Waals surface area contributed by atoms with Gasteiger partial charge in [0.15, 0.2) is 0 Å². The van der Waals surface area contributed by atoms with E-state index in [4.69, 9.17) is 4.98 Å². The quantitative estimate of drug-likeness (QED) is 0.670. The number of halogens is 1. The second-order valence-electron chi connectivity index (χ2n) is 8.25. The molecular weight excluding hydrogens is 369 g/mol. The van der Waals surface area contributed by atoms with Crippen molar-refractivity contribution in [1.82, 2.24) is 19.4 Å². The summed E-state index contributed by atoms with van der Waals surface area (Å²) in [5.74, 6) is 1.41. The molecule has 1 aromatic heterocycles. The second kappa shape index (κ2) is 7.28. The minimum absolute atomic E-state index is 0.0283. The number of aryl methyl sites for hydroxylation is 1. The van der Waals surface area contributed by atoms with E-state index in [1.165, 1.54) is 0 Å². The summed E-state index contributed by atoms with van der Waals surface area (Å²) in [7, 11) is 0. The molecular formula is C22H26FN5O. The summed E-state index contributed by atoms with van der Waals surface area (Å²) in [4.78, 5) is 26.5. The van der Waals surface area contributed by atoms with Gasteiger partial charge in [0.05, 0.1) is 36.8 Å². The molecule has 3 aliphatic rings. The lowest BCUT2D eigenvalue weighted by molar-refractivity contribution is 0.181. The van der Waals surface area contributed by atoms with E-state index in [9.17, 15) is 9.18 Å². The molecule has 0 radical (unpaired) electrons. The third kappa shape index (κ3) is 3.12. The number of dihydropyridines is 1. The molecule has 1 aromatic carbocycles. The number of alkyl halides is 1. The fourth-order valence-corrected chi connectivity index (χ4v) is 4.56. The van der Waals surface area contributed by atoms with Gasteiger partial charge in [-0.05, 0) is 43.4 Å². The summed E-state index contributed by atoms with van der Waals surface area (Å²) in [6.07, 6.45) is 6.15. The third-order valence-electron chi connectivity index (χ3n) is 6.29. The van der Waals surface area contributed by atoms with E-state index in [1.807, 2.05) is 46.4 Å². The van der Waals surface area contributed by atoms with E-state index in [0.717, 1.165) is 35.4 Å². The number of imidazole rings is 1. The molecule has 3 atom stereocenters. The monoisotopic (exact) mass is 395 g/mol. The van der Waals surface area contributed by atoms with Crippen LogP contribution < -0.4 is 0 Å². The summed E-state index contributed by atoms with van der Waals surface area (Å²) >= 11 is 0. The Morgan fingerprint density at radius 1 is 1.24 bits per heavy atom. The zero-order chi connectivity index (χ0) is 20.0. The molecule has 2 aromatic rings. The average molecular weight is 395 g/mol. The van der Waals surface area contributed by atoms with Crippen LogP contribution in [-0.4, -0.2) is 56.9 Å². The molecule has 152 valence electrons. The number of rotatable bonds is 7. The average Bonchev–Trinajstić information content (AvgIpc) is 3.24. The van der Waals surface area contributed by atoms with Crippen LogP contribution in [0.25, 0.3) is 11.0 Å². The number of fused-ring (bicyclic) bond motifs is 2. The fourth-order valence-electron chi connectivity index (χ4n) is 4.56. The maximum Gasteiger partial charge on any atom is 0.325 e. The Labute approximate surface area is 169 Å². The summed E-state index contributed by atoms with van der Waals surface area (Å²) in [5, 5.41) is 0. The second-order valence-corrected chi connectivity index (χ2v) is 8.25.